The Morgan fingerprint density at radius 1 is 0.977 bits per heavy atom. The van der Waals surface area contributed by atoms with Crippen LogP contribution >= 0.6 is 0 Å². The molecule has 44 heavy (non-hydrogen) atoms. The molecule has 1 aliphatic rings. The molecule has 0 unspecified atom stereocenters. The number of aromatic nitrogens is 2. The molecule has 2 aromatic heterocycles. The SMILES string of the molecule is COc1ccc(CN2CCCc3ccc(CCOc4ccc(C[C@H](NC(=O)OCc5ccccc5)C(=O)O)cn4)nc32)cc1. The molecule has 1 amide bonds. The Labute approximate surface area is 256 Å². The maximum atomic E-state index is 12.2. The van der Waals surface area contributed by atoms with Gasteiger partial charge in [0, 0.05) is 43.9 Å². The normalized spacial score (nSPS) is 13.0. The molecule has 3 heterocycles. The standard InChI is InChI=1S/C34H36N4O6/c1-42-29-14-9-24(10-15-29)22-38-18-5-8-27-12-13-28(36-32(27)38)17-19-43-31-16-11-26(21-35-31)20-30(33(39)40)37-34(41)44-23-25-6-3-2-4-7-25/h2-4,6-7,9-16,21,30H,5,8,17-20,22-23H2,1H3,(H,37,41)(H,39,40)/t30-/m0/s1. The number of aliphatic carboxylic acids is 1. The van der Waals surface area contributed by atoms with E-state index in [1.807, 2.05) is 42.5 Å². The number of fused-ring (bicyclic) bond motifs is 1. The summed E-state index contributed by atoms with van der Waals surface area (Å²) in [6.07, 6.45) is 3.53. The van der Waals surface area contributed by atoms with E-state index in [0.717, 1.165) is 48.8 Å². The molecule has 10 nitrogen and oxygen atoms in total. The number of pyridine rings is 2. The summed E-state index contributed by atoms with van der Waals surface area (Å²) in [6, 6.07) is 23.8. The number of aryl methyl sites for hydroxylation is 1. The summed E-state index contributed by atoms with van der Waals surface area (Å²) >= 11 is 0. The van der Waals surface area contributed by atoms with Crippen LogP contribution in [-0.2, 0) is 41.9 Å². The number of carboxylic acids is 1. The van der Waals surface area contributed by atoms with Gasteiger partial charge in [0.2, 0.25) is 5.88 Å². The van der Waals surface area contributed by atoms with Gasteiger partial charge in [-0.3, -0.25) is 0 Å². The summed E-state index contributed by atoms with van der Waals surface area (Å²) in [6.45, 7) is 2.18. The maximum absolute atomic E-state index is 12.2. The summed E-state index contributed by atoms with van der Waals surface area (Å²) in [5.74, 6) is 1.13. The van der Waals surface area contributed by atoms with Crippen LogP contribution in [0.5, 0.6) is 11.6 Å². The molecule has 1 atom stereocenters. The molecule has 0 saturated carbocycles. The highest BCUT2D eigenvalue weighted by atomic mass is 16.5. The zero-order chi connectivity index (χ0) is 30.7. The van der Waals surface area contributed by atoms with Gasteiger partial charge < -0.3 is 29.5 Å². The lowest BCUT2D eigenvalue weighted by molar-refractivity contribution is -0.139. The third-order valence-corrected chi connectivity index (χ3v) is 7.37. The van der Waals surface area contributed by atoms with E-state index in [-0.39, 0.29) is 13.0 Å². The van der Waals surface area contributed by atoms with E-state index in [0.29, 0.717) is 24.5 Å². The highest BCUT2D eigenvalue weighted by Gasteiger charge is 2.22. The van der Waals surface area contributed by atoms with Gasteiger partial charge >= 0.3 is 12.1 Å². The van der Waals surface area contributed by atoms with Crippen molar-refractivity contribution in [2.24, 2.45) is 0 Å². The van der Waals surface area contributed by atoms with E-state index >= 15 is 0 Å². The van der Waals surface area contributed by atoms with E-state index in [1.165, 1.54) is 11.1 Å². The average Bonchev–Trinajstić information content (AvgIpc) is 3.05. The predicted octanol–water partition coefficient (Wildman–Crippen LogP) is 4.98. The molecule has 2 aromatic carbocycles. The highest BCUT2D eigenvalue weighted by Crippen LogP contribution is 2.27. The van der Waals surface area contributed by atoms with Crippen molar-refractivity contribution >= 4 is 17.9 Å². The minimum atomic E-state index is -1.16. The molecule has 0 fully saturated rings. The quantitative estimate of drug-likeness (QED) is 0.220. The molecular formula is C34H36N4O6. The smallest absolute Gasteiger partial charge is 0.408 e. The third-order valence-electron chi connectivity index (χ3n) is 7.37. The number of carboxylic acid groups (broad SMARTS) is 1. The topological polar surface area (TPSA) is 123 Å². The lowest BCUT2D eigenvalue weighted by Gasteiger charge is -2.30. The zero-order valence-corrected chi connectivity index (χ0v) is 24.6. The first-order valence-corrected chi connectivity index (χ1v) is 14.6. The zero-order valence-electron chi connectivity index (χ0n) is 24.6. The number of nitrogens with one attached hydrogen (secondary N) is 1. The highest BCUT2D eigenvalue weighted by molar-refractivity contribution is 5.80. The van der Waals surface area contributed by atoms with Crippen LogP contribution in [-0.4, -0.2) is 53.4 Å². The summed E-state index contributed by atoms with van der Waals surface area (Å²) in [4.78, 5) is 35.5. The number of carbonyl (C=O) groups excluding carboxylic acids is 1. The lowest BCUT2D eigenvalue weighted by Crippen LogP contribution is -2.42. The molecule has 4 aromatic rings. The number of amides is 1. The number of nitrogens with zero attached hydrogens (tertiary/aromatic N) is 3. The molecule has 0 spiro atoms. The molecule has 0 radical (unpaired) electrons. The van der Waals surface area contributed by atoms with Crippen LogP contribution in [0.4, 0.5) is 10.6 Å². The van der Waals surface area contributed by atoms with Crippen LogP contribution in [0.15, 0.2) is 85.1 Å². The monoisotopic (exact) mass is 596 g/mol. The summed E-state index contributed by atoms with van der Waals surface area (Å²) in [7, 11) is 1.67. The number of rotatable bonds is 13. The average molecular weight is 597 g/mol. The summed E-state index contributed by atoms with van der Waals surface area (Å²) in [5, 5.41) is 12.0. The largest absolute Gasteiger partial charge is 0.497 e. The number of alkyl carbamates (subject to hydrolysis) is 1. The minimum absolute atomic E-state index is 0.0507. The number of benzene rings is 2. The second kappa shape index (κ2) is 14.9. The van der Waals surface area contributed by atoms with Gasteiger partial charge in [0.05, 0.1) is 13.7 Å². The van der Waals surface area contributed by atoms with Gasteiger partial charge in [0.1, 0.15) is 24.2 Å². The van der Waals surface area contributed by atoms with Gasteiger partial charge in [0.15, 0.2) is 0 Å². The van der Waals surface area contributed by atoms with Crippen LogP contribution in [0.2, 0.25) is 0 Å². The van der Waals surface area contributed by atoms with E-state index in [9.17, 15) is 14.7 Å². The summed E-state index contributed by atoms with van der Waals surface area (Å²) in [5.41, 5.74) is 4.85. The number of ether oxygens (including phenoxy) is 3. The number of methoxy groups -OCH3 is 1. The van der Waals surface area contributed by atoms with E-state index in [4.69, 9.17) is 19.2 Å². The van der Waals surface area contributed by atoms with Crippen molar-refractivity contribution < 1.29 is 28.9 Å². The molecule has 10 heteroatoms. The minimum Gasteiger partial charge on any atom is -0.497 e. The molecule has 1 aliphatic heterocycles. The van der Waals surface area contributed by atoms with Crippen molar-refractivity contribution in [3.8, 4) is 11.6 Å². The second-order valence-electron chi connectivity index (χ2n) is 10.6. The van der Waals surface area contributed by atoms with Gasteiger partial charge in [-0.2, -0.15) is 0 Å². The fourth-order valence-corrected chi connectivity index (χ4v) is 5.02. The lowest BCUT2D eigenvalue weighted by atomic mass is 10.0. The maximum Gasteiger partial charge on any atom is 0.408 e. The van der Waals surface area contributed by atoms with Crippen LogP contribution in [0, 0.1) is 0 Å². The van der Waals surface area contributed by atoms with Crippen LogP contribution in [0.3, 0.4) is 0 Å². The first kappa shape index (κ1) is 30.3. The Morgan fingerprint density at radius 2 is 1.77 bits per heavy atom. The molecule has 0 aliphatic carbocycles. The summed E-state index contributed by atoms with van der Waals surface area (Å²) < 4.78 is 16.3. The number of anilines is 1. The second-order valence-corrected chi connectivity index (χ2v) is 10.6. The Hall–Kier alpha value is -5.12. The van der Waals surface area contributed by atoms with Crippen molar-refractivity contribution in [3.63, 3.8) is 0 Å². The molecule has 5 rings (SSSR count). The van der Waals surface area contributed by atoms with E-state index < -0.39 is 18.1 Å². The van der Waals surface area contributed by atoms with Crippen molar-refractivity contribution in [1.82, 2.24) is 15.3 Å². The van der Waals surface area contributed by atoms with Gasteiger partial charge in [-0.1, -0.05) is 54.6 Å². The van der Waals surface area contributed by atoms with Gasteiger partial charge in [-0.25, -0.2) is 19.6 Å². The first-order valence-electron chi connectivity index (χ1n) is 14.6. The molecule has 2 N–H and O–H groups in total. The Bertz CT molecular complexity index is 1530. The van der Waals surface area contributed by atoms with Crippen LogP contribution in [0.1, 0.15) is 34.4 Å². The van der Waals surface area contributed by atoms with Crippen molar-refractivity contribution in [1.29, 1.82) is 0 Å². The molecule has 0 saturated heterocycles. The number of hydrogen-bond acceptors (Lipinski definition) is 8. The van der Waals surface area contributed by atoms with Gasteiger partial charge in [0.25, 0.3) is 0 Å². The first-order chi connectivity index (χ1) is 21.5. The van der Waals surface area contributed by atoms with Crippen molar-refractivity contribution in [2.75, 3.05) is 25.2 Å². The van der Waals surface area contributed by atoms with Crippen LogP contribution in [0.25, 0.3) is 0 Å². The predicted molar refractivity (Wildman–Crippen MR) is 165 cm³/mol. The Kier molecular flexibility index (Phi) is 10.2. The Balaban J connectivity index is 1.11. The molecule has 228 valence electrons. The fourth-order valence-electron chi connectivity index (χ4n) is 5.02. The van der Waals surface area contributed by atoms with E-state index in [1.54, 1.807) is 25.4 Å². The van der Waals surface area contributed by atoms with Gasteiger partial charge in [-0.15, -0.1) is 0 Å². The third kappa shape index (κ3) is 8.47. The van der Waals surface area contributed by atoms with Crippen molar-refractivity contribution in [2.45, 2.75) is 44.9 Å². The number of hydrogen-bond donors (Lipinski definition) is 2. The van der Waals surface area contributed by atoms with E-state index in [2.05, 4.69) is 39.5 Å². The Morgan fingerprint density at radius 3 is 2.50 bits per heavy atom. The molecule has 0 bridgehead atoms. The fraction of sp³-hybridized carbons (Fsp3) is 0.294. The number of carbonyl (C=O) groups is 2. The van der Waals surface area contributed by atoms with Crippen molar-refractivity contribution in [3.05, 3.63) is 113 Å². The van der Waals surface area contributed by atoms with Gasteiger partial charge in [-0.05, 0) is 53.3 Å². The molecular weight excluding hydrogens is 560 g/mol. The van der Waals surface area contributed by atoms with Crippen LogP contribution < -0.4 is 19.7 Å².